The second-order valence-corrected chi connectivity index (χ2v) is 7.21. The molecule has 0 aliphatic carbocycles. The highest BCUT2D eigenvalue weighted by Crippen LogP contribution is 2.26. The fourth-order valence-electron chi connectivity index (χ4n) is 3.47. The van der Waals surface area contributed by atoms with E-state index in [0.717, 1.165) is 43.9 Å². The monoisotopic (exact) mass is 341 g/mol. The van der Waals surface area contributed by atoms with Crippen LogP contribution in [-0.4, -0.2) is 48.3 Å². The SMILES string of the molecule is CCc1cc(NC2CCN(CCOC(C)C)CC2)c2ccccc2n1. The number of anilines is 1. The van der Waals surface area contributed by atoms with Crippen LogP contribution in [0.4, 0.5) is 5.69 Å². The maximum absolute atomic E-state index is 5.68. The molecule has 0 bridgehead atoms. The molecule has 0 unspecified atom stereocenters. The lowest BCUT2D eigenvalue weighted by Gasteiger charge is -2.33. The molecule has 1 fully saturated rings. The lowest BCUT2D eigenvalue weighted by atomic mass is 10.0. The zero-order valence-corrected chi connectivity index (χ0v) is 15.8. The molecule has 0 saturated carbocycles. The smallest absolute Gasteiger partial charge is 0.0726 e. The summed E-state index contributed by atoms with van der Waals surface area (Å²) in [4.78, 5) is 7.26. The van der Waals surface area contributed by atoms with Gasteiger partial charge in [0.15, 0.2) is 0 Å². The van der Waals surface area contributed by atoms with Crippen LogP contribution in [0.3, 0.4) is 0 Å². The number of nitrogens with one attached hydrogen (secondary N) is 1. The van der Waals surface area contributed by atoms with E-state index in [0.29, 0.717) is 12.1 Å². The van der Waals surface area contributed by atoms with Crippen molar-refractivity contribution in [3.8, 4) is 0 Å². The summed E-state index contributed by atoms with van der Waals surface area (Å²) in [6, 6.07) is 11.2. The average molecular weight is 341 g/mol. The number of aryl methyl sites for hydroxylation is 1. The van der Waals surface area contributed by atoms with Gasteiger partial charge in [0, 0.05) is 42.4 Å². The Labute approximate surface area is 151 Å². The number of hydrogen-bond donors (Lipinski definition) is 1. The van der Waals surface area contributed by atoms with Crippen molar-refractivity contribution in [2.45, 2.75) is 52.2 Å². The summed E-state index contributed by atoms with van der Waals surface area (Å²) >= 11 is 0. The zero-order valence-electron chi connectivity index (χ0n) is 15.8. The molecule has 4 heteroatoms. The molecule has 0 atom stereocenters. The quantitative estimate of drug-likeness (QED) is 0.823. The first-order valence-electron chi connectivity index (χ1n) is 9.65. The van der Waals surface area contributed by atoms with Crippen molar-refractivity contribution in [1.29, 1.82) is 0 Å². The van der Waals surface area contributed by atoms with E-state index in [1.807, 2.05) is 0 Å². The van der Waals surface area contributed by atoms with E-state index in [4.69, 9.17) is 9.72 Å². The number of para-hydroxylation sites is 1. The molecule has 136 valence electrons. The molecule has 2 heterocycles. The minimum Gasteiger partial charge on any atom is -0.382 e. The molecule has 1 aromatic carbocycles. The van der Waals surface area contributed by atoms with Gasteiger partial charge in [-0.1, -0.05) is 25.1 Å². The molecule has 2 aromatic rings. The number of fused-ring (bicyclic) bond motifs is 1. The first-order chi connectivity index (χ1) is 12.2. The van der Waals surface area contributed by atoms with Crippen molar-refractivity contribution in [3.05, 3.63) is 36.0 Å². The number of aromatic nitrogens is 1. The number of likely N-dealkylation sites (tertiary alicyclic amines) is 1. The fourth-order valence-corrected chi connectivity index (χ4v) is 3.47. The normalized spacial score (nSPS) is 16.6. The lowest BCUT2D eigenvalue weighted by molar-refractivity contribution is 0.0543. The highest BCUT2D eigenvalue weighted by atomic mass is 16.5. The molecule has 0 radical (unpaired) electrons. The summed E-state index contributed by atoms with van der Waals surface area (Å²) in [6.45, 7) is 10.5. The van der Waals surface area contributed by atoms with Crippen LogP contribution in [0.15, 0.2) is 30.3 Å². The van der Waals surface area contributed by atoms with Crippen LogP contribution in [-0.2, 0) is 11.2 Å². The third kappa shape index (κ3) is 4.93. The predicted octanol–water partition coefficient (Wildman–Crippen LogP) is 4.10. The standard InChI is InChI=1S/C21H31N3O/c1-4-17-15-21(19-7-5-6-8-20(19)22-17)23-18-9-11-24(12-10-18)13-14-25-16(2)3/h5-8,15-16,18H,4,9-14H2,1-3H3,(H,22,23). The summed E-state index contributed by atoms with van der Waals surface area (Å²) < 4.78 is 5.68. The molecule has 0 amide bonds. The molecular weight excluding hydrogens is 310 g/mol. The van der Waals surface area contributed by atoms with Crippen LogP contribution in [0.5, 0.6) is 0 Å². The number of piperidine rings is 1. The number of rotatable bonds is 7. The Kier molecular flexibility index (Phi) is 6.27. The molecule has 1 aromatic heterocycles. The van der Waals surface area contributed by atoms with Gasteiger partial charge in [0.2, 0.25) is 0 Å². The lowest BCUT2D eigenvalue weighted by Crippen LogP contribution is -2.40. The second kappa shape index (κ2) is 8.63. The number of ether oxygens (including phenoxy) is 1. The van der Waals surface area contributed by atoms with Gasteiger partial charge in [0.25, 0.3) is 0 Å². The van der Waals surface area contributed by atoms with E-state index in [1.165, 1.54) is 23.9 Å². The van der Waals surface area contributed by atoms with Crippen molar-refractivity contribution < 1.29 is 4.74 Å². The minimum atomic E-state index is 0.326. The highest BCUT2D eigenvalue weighted by molar-refractivity contribution is 5.91. The van der Waals surface area contributed by atoms with E-state index < -0.39 is 0 Å². The highest BCUT2D eigenvalue weighted by Gasteiger charge is 2.19. The van der Waals surface area contributed by atoms with Crippen LogP contribution < -0.4 is 5.32 Å². The minimum absolute atomic E-state index is 0.326. The van der Waals surface area contributed by atoms with Crippen molar-refractivity contribution in [1.82, 2.24) is 9.88 Å². The van der Waals surface area contributed by atoms with Crippen molar-refractivity contribution in [2.75, 3.05) is 31.6 Å². The maximum atomic E-state index is 5.68. The Balaban J connectivity index is 1.60. The molecule has 1 N–H and O–H groups in total. The molecule has 1 aliphatic rings. The van der Waals surface area contributed by atoms with Gasteiger partial charge in [-0.3, -0.25) is 4.98 Å². The second-order valence-electron chi connectivity index (χ2n) is 7.21. The van der Waals surface area contributed by atoms with Crippen LogP contribution in [0.25, 0.3) is 10.9 Å². The summed E-state index contributed by atoms with van der Waals surface area (Å²) in [5, 5.41) is 5.02. The summed E-state index contributed by atoms with van der Waals surface area (Å²) in [5.41, 5.74) is 3.49. The average Bonchev–Trinajstić information content (AvgIpc) is 2.62. The summed E-state index contributed by atoms with van der Waals surface area (Å²) in [5.74, 6) is 0. The predicted molar refractivity (Wildman–Crippen MR) is 105 cm³/mol. The molecule has 1 aliphatic heterocycles. The van der Waals surface area contributed by atoms with Gasteiger partial charge in [-0.25, -0.2) is 0 Å². The van der Waals surface area contributed by atoms with Gasteiger partial charge in [0.1, 0.15) is 0 Å². The fraction of sp³-hybridized carbons (Fsp3) is 0.571. The molecule has 0 spiro atoms. The van der Waals surface area contributed by atoms with Gasteiger partial charge in [0.05, 0.1) is 18.2 Å². The Hall–Kier alpha value is -1.65. The van der Waals surface area contributed by atoms with Crippen LogP contribution in [0.2, 0.25) is 0 Å². The maximum Gasteiger partial charge on any atom is 0.0726 e. The van der Waals surface area contributed by atoms with E-state index in [1.54, 1.807) is 0 Å². The van der Waals surface area contributed by atoms with E-state index >= 15 is 0 Å². The topological polar surface area (TPSA) is 37.4 Å². The summed E-state index contributed by atoms with van der Waals surface area (Å²) in [7, 11) is 0. The van der Waals surface area contributed by atoms with Gasteiger partial charge in [-0.15, -0.1) is 0 Å². The van der Waals surface area contributed by atoms with Gasteiger partial charge < -0.3 is 15.0 Å². The van der Waals surface area contributed by atoms with Crippen molar-refractivity contribution in [2.24, 2.45) is 0 Å². The van der Waals surface area contributed by atoms with Gasteiger partial charge >= 0.3 is 0 Å². The molecule has 4 nitrogen and oxygen atoms in total. The number of hydrogen-bond acceptors (Lipinski definition) is 4. The first-order valence-corrected chi connectivity index (χ1v) is 9.65. The Morgan fingerprint density at radius 3 is 2.72 bits per heavy atom. The molecule has 1 saturated heterocycles. The van der Waals surface area contributed by atoms with Gasteiger partial charge in [-0.2, -0.15) is 0 Å². The Morgan fingerprint density at radius 2 is 2.00 bits per heavy atom. The summed E-state index contributed by atoms with van der Waals surface area (Å²) in [6.07, 6.45) is 3.65. The number of pyridine rings is 1. The van der Waals surface area contributed by atoms with Crippen LogP contribution >= 0.6 is 0 Å². The van der Waals surface area contributed by atoms with E-state index in [9.17, 15) is 0 Å². The van der Waals surface area contributed by atoms with Crippen LogP contribution in [0.1, 0.15) is 39.3 Å². The van der Waals surface area contributed by atoms with Crippen molar-refractivity contribution >= 4 is 16.6 Å². The Bertz CT molecular complexity index is 678. The number of nitrogens with zero attached hydrogens (tertiary/aromatic N) is 2. The van der Waals surface area contributed by atoms with Crippen LogP contribution in [0, 0.1) is 0 Å². The van der Waals surface area contributed by atoms with Gasteiger partial charge in [-0.05, 0) is 45.2 Å². The van der Waals surface area contributed by atoms with E-state index in [2.05, 4.69) is 61.3 Å². The number of benzene rings is 1. The first kappa shape index (κ1) is 18.2. The third-order valence-corrected chi connectivity index (χ3v) is 4.94. The largest absolute Gasteiger partial charge is 0.382 e. The Morgan fingerprint density at radius 1 is 1.24 bits per heavy atom. The third-order valence-electron chi connectivity index (χ3n) is 4.94. The van der Waals surface area contributed by atoms with E-state index in [-0.39, 0.29) is 0 Å². The zero-order chi connectivity index (χ0) is 17.6. The molecule has 25 heavy (non-hydrogen) atoms. The molecule has 3 rings (SSSR count). The molecular formula is C21H31N3O. The van der Waals surface area contributed by atoms with Crippen molar-refractivity contribution in [3.63, 3.8) is 0 Å².